The van der Waals surface area contributed by atoms with Crippen LogP contribution < -0.4 is 5.32 Å². The van der Waals surface area contributed by atoms with E-state index in [4.69, 9.17) is 0 Å². The lowest BCUT2D eigenvalue weighted by atomic mass is 10.1. The second-order valence-corrected chi connectivity index (χ2v) is 5.92. The van der Waals surface area contributed by atoms with Crippen molar-refractivity contribution < 1.29 is 4.79 Å². The van der Waals surface area contributed by atoms with Crippen molar-refractivity contribution in [2.45, 2.75) is 19.9 Å². The van der Waals surface area contributed by atoms with Crippen molar-refractivity contribution in [2.75, 3.05) is 0 Å². The number of nitrogens with one attached hydrogen (secondary N) is 1. The van der Waals surface area contributed by atoms with E-state index in [1.807, 2.05) is 48.5 Å². The van der Waals surface area contributed by atoms with Gasteiger partial charge in [0.25, 0.3) is 5.91 Å². The monoisotopic (exact) mass is 296 g/mol. The summed E-state index contributed by atoms with van der Waals surface area (Å²) in [4.78, 5) is 16.6. The number of benzene rings is 2. The van der Waals surface area contributed by atoms with Crippen LogP contribution in [0, 0.1) is 0 Å². The van der Waals surface area contributed by atoms with Crippen molar-refractivity contribution in [1.82, 2.24) is 10.3 Å². The van der Waals surface area contributed by atoms with Crippen LogP contribution in [0.3, 0.4) is 0 Å². The standard InChI is InChI=1S/C17H16N2OS/c1-2-12-7-9-13(10-8-12)17(20)18-11-16-19-14-5-3-4-6-15(14)21-16/h3-10H,2,11H2,1H3,(H,18,20). The Balaban J connectivity index is 1.67. The quantitative estimate of drug-likeness (QED) is 0.796. The van der Waals surface area contributed by atoms with Crippen LogP contribution in [0.4, 0.5) is 0 Å². The van der Waals surface area contributed by atoms with E-state index in [9.17, 15) is 4.79 Å². The fraction of sp³-hybridized carbons (Fsp3) is 0.176. The van der Waals surface area contributed by atoms with Gasteiger partial charge in [0.05, 0.1) is 16.8 Å². The number of fused-ring (bicyclic) bond motifs is 1. The van der Waals surface area contributed by atoms with E-state index in [1.165, 1.54) is 5.56 Å². The van der Waals surface area contributed by atoms with E-state index in [1.54, 1.807) is 11.3 Å². The Kier molecular flexibility index (Phi) is 3.97. The second-order valence-electron chi connectivity index (χ2n) is 4.81. The number of amides is 1. The summed E-state index contributed by atoms with van der Waals surface area (Å²) < 4.78 is 1.15. The molecule has 2 aromatic carbocycles. The number of aryl methyl sites for hydroxylation is 1. The van der Waals surface area contributed by atoms with E-state index in [0.717, 1.165) is 21.6 Å². The Morgan fingerprint density at radius 3 is 2.62 bits per heavy atom. The molecule has 21 heavy (non-hydrogen) atoms. The SMILES string of the molecule is CCc1ccc(C(=O)NCc2nc3ccccc3s2)cc1. The fourth-order valence-corrected chi connectivity index (χ4v) is 3.05. The fourth-order valence-electron chi connectivity index (χ4n) is 2.15. The predicted octanol–water partition coefficient (Wildman–Crippen LogP) is 3.79. The van der Waals surface area contributed by atoms with E-state index in [-0.39, 0.29) is 5.91 Å². The third-order valence-electron chi connectivity index (χ3n) is 3.36. The topological polar surface area (TPSA) is 42.0 Å². The molecule has 3 nitrogen and oxygen atoms in total. The molecule has 0 aliphatic carbocycles. The van der Waals surface area contributed by atoms with Gasteiger partial charge in [0.2, 0.25) is 0 Å². The highest BCUT2D eigenvalue weighted by atomic mass is 32.1. The molecule has 1 N–H and O–H groups in total. The lowest BCUT2D eigenvalue weighted by molar-refractivity contribution is 0.0951. The summed E-state index contributed by atoms with van der Waals surface area (Å²) in [6.07, 6.45) is 0.980. The van der Waals surface area contributed by atoms with Crippen LogP contribution in [0.5, 0.6) is 0 Å². The largest absolute Gasteiger partial charge is 0.346 e. The number of thiazole rings is 1. The van der Waals surface area contributed by atoms with Gasteiger partial charge in [0, 0.05) is 5.56 Å². The van der Waals surface area contributed by atoms with Gasteiger partial charge in [0.1, 0.15) is 5.01 Å². The van der Waals surface area contributed by atoms with E-state index >= 15 is 0 Å². The third-order valence-corrected chi connectivity index (χ3v) is 4.40. The number of carbonyl (C=O) groups is 1. The molecule has 0 fully saturated rings. The minimum Gasteiger partial charge on any atom is -0.346 e. The molecule has 0 spiro atoms. The van der Waals surface area contributed by atoms with Crippen LogP contribution in [0.2, 0.25) is 0 Å². The minimum atomic E-state index is -0.0584. The van der Waals surface area contributed by atoms with Gasteiger partial charge in [-0.2, -0.15) is 0 Å². The maximum absolute atomic E-state index is 12.1. The molecule has 1 aromatic heterocycles. The summed E-state index contributed by atoms with van der Waals surface area (Å²) in [7, 11) is 0. The predicted molar refractivity (Wildman–Crippen MR) is 86.6 cm³/mol. The average molecular weight is 296 g/mol. The van der Waals surface area contributed by atoms with E-state index in [2.05, 4.69) is 17.2 Å². The van der Waals surface area contributed by atoms with Crippen LogP contribution in [0.15, 0.2) is 48.5 Å². The Labute approximate surface area is 127 Å². The van der Waals surface area contributed by atoms with E-state index in [0.29, 0.717) is 12.1 Å². The van der Waals surface area contributed by atoms with E-state index < -0.39 is 0 Å². The summed E-state index contributed by atoms with van der Waals surface area (Å²) in [6.45, 7) is 2.57. The molecule has 0 bridgehead atoms. The summed E-state index contributed by atoms with van der Waals surface area (Å²) in [5, 5.41) is 3.85. The minimum absolute atomic E-state index is 0.0584. The number of carbonyl (C=O) groups excluding carboxylic acids is 1. The highest BCUT2D eigenvalue weighted by Gasteiger charge is 2.07. The van der Waals surface area contributed by atoms with Crippen molar-refractivity contribution in [3.8, 4) is 0 Å². The molecule has 3 rings (SSSR count). The third kappa shape index (κ3) is 3.11. The summed E-state index contributed by atoms with van der Waals surface area (Å²) in [5.41, 5.74) is 2.91. The molecule has 106 valence electrons. The van der Waals surface area contributed by atoms with Gasteiger partial charge in [-0.3, -0.25) is 4.79 Å². The zero-order valence-corrected chi connectivity index (χ0v) is 12.6. The maximum atomic E-state index is 12.1. The number of hydrogen-bond acceptors (Lipinski definition) is 3. The number of nitrogens with zero attached hydrogens (tertiary/aromatic N) is 1. The first-order valence-corrected chi connectivity index (χ1v) is 7.79. The number of aromatic nitrogens is 1. The van der Waals surface area contributed by atoms with Crippen LogP contribution in [-0.4, -0.2) is 10.9 Å². The molecule has 0 radical (unpaired) electrons. The van der Waals surface area contributed by atoms with Gasteiger partial charge in [-0.15, -0.1) is 11.3 Å². The lowest BCUT2D eigenvalue weighted by Crippen LogP contribution is -2.22. The number of hydrogen-bond donors (Lipinski definition) is 1. The Morgan fingerprint density at radius 1 is 1.14 bits per heavy atom. The average Bonchev–Trinajstić information content (AvgIpc) is 2.95. The molecule has 0 saturated carbocycles. The van der Waals surface area contributed by atoms with Crippen molar-refractivity contribution in [3.05, 3.63) is 64.7 Å². The van der Waals surface area contributed by atoms with Crippen molar-refractivity contribution >= 4 is 27.5 Å². The molecule has 0 unspecified atom stereocenters. The molecular formula is C17H16N2OS. The highest BCUT2D eigenvalue weighted by molar-refractivity contribution is 7.18. The van der Waals surface area contributed by atoms with Crippen molar-refractivity contribution in [3.63, 3.8) is 0 Å². The Hall–Kier alpha value is -2.20. The first-order valence-electron chi connectivity index (χ1n) is 6.98. The molecule has 3 aromatic rings. The van der Waals surface area contributed by atoms with Crippen LogP contribution in [0.1, 0.15) is 27.9 Å². The zero-order valence-electron chi connectivity index (χ0n) is 11.8. The molecular weight excluding hydrogens is 280 g/mol. The van der Waals surface area contributed by atoms with Gasteiger partial charge < -0.3 is 5.32 Å². The molecule has 0 aliphatic heterocycles. The van der Waals surface area contributed by atoms with Crippen LogP contribution in [-0.2, 0) is 13.0 Å². The van der Waals surface area contributed by atoms with Gasteiger partial charge in [0.15, 0.2) is 0 Å². The zero-order chi connectivity index (χ0) is 14.7. The molecule has 0 aliphatic rings. The highest BCUT2D eigenvalue weighted by Crippen LogP contribution is 2.21. The normalized spacial score (nSPS) is 10.7. The van der Waals surface area contributed by atoms with Crippen LogP contribution >= 0.6 is 11.3 Å². The molecule has 0 atom stereocenters. The molecule has 1 heterocycles. The molecule has 0 saturated heterocycles. The maximum Gasteiger partial charge on any atom is 0.251 e. The van der Waals surface area contributed by atoms with Gasteiger partial charge in [-0.05, 0) is 36.2 Å². The Morgan fingerprint density at radius 2 is 1.90 bits per heavy atom. The van der Waals surface area contributed by atoms with Crippen molar-refractivity contribution in [2.24, 2.45) is 0 Å². The smallest absolute Gasteiger partial charge is 0.251 e. The van der Waals surface area contributed by atoms with Crippen LogP contribution in [0.25, 0.3) is 10.2 Å². The Bertz CT molecular complexity index is 729. The summed E-state index contributed by atoms with van der Waals surface area (Å²) in [6, 6.07) is 15.7. The van der Waals surface area contributed by atoms with Gasteiger partial charge in [-0.1, -0.05) is 31.2 Å². The van der Waals surface area contributed by atoms with Crippen molar-refractivity contribution in [1.29, 1.82) is 0 Å². The first-order chi connectivity index (χ1) is 10.3. The molecule has 4 heteroatoms. The van der Waals surface area contributed by atoms with Gasteiger partial charge in [-0.25, -0.2) is 4.98 Å². The molecule has 1 amide bonds. The first kappa shape index (κ1) is 13.8. The second kappa shape index (κ2) is 6.06. The lowest BCUT2D eigenvalue weighted by Gasteiger charge is -2.04. The van der Waals surface area contributed by atoms with Gasteiger partial charge >= 0.3 is 0 Å². The summed E-state index contributed by atoms with van der Waals surface area (Å²) >= 11 is 1.61. The summed E-state index contributed by atoms with van der Waals surface area (Å²) in [5.74, 6) is -0.0584. The number of rotatable bonds is 4. The number of para-hydroxylation sites is 1.